The molecule has 4 aromatic rings. The van der Waals surface area contributed by atoms with Crippen LogP contribution in [0.4, 0.5) is 5.69 Å². The smallest absolute Gasteiger partial charge is 0.269 e. The molecule has 0 spiro atoms. The molecule has 2 aliphatic rings. The van der Waals surface area contributed by atoms with Crippen molar-refractivity contribution in [1.29, 1.82) is 0 Å². The molecular weight excluding hydrogens is 504 g/mol. The van der Waals surface area contributed by atoms with Crippen molar-refractivity contribution >= 4 is 40.2 Å². The van der Waals surface area contributed by atoms with Crippen LogP contribution < -0.4 is 19.7 Å². The summed E-state index contributed by atoms with van der Waals surface area (Å²) in [5, 5.41) is 0. The topological polar surface area (TPSA) is 59.4 Å². The number of ketones is 2. The number of anilines is 1. The van der Waals surface area contributed by atoms with Crippen molar-refractivity contribution in [3.63, 3.8) is 0 Å². The van der Waals surface area contributed by atoms with E-state index >= 15 is 0 Å². The molecule has 0 saturated heterocycles. The second-order valence-electron chi connectivity index (χ2n) is 10.4. The fraction of sp³-hybridized carbons (Fsp3) is 0.182. The van der Waals surface area contributed by atoms with Crippen LogP contribution >= 0.6 is 11.3 Å². The number of aromatic nitrogens is 1. The summed E-state index contributed by atoms with van der Waals surface area (Å²) >= 11 is 1.21. The van der Waals surface area contributed by atoms with Crippen molar-refractivity contribution in [2.75, 3.05) is 11.9 Å². The lowest BCUT2D eigenvalue weighted by molar-refractivity contribution is 0.102. The number of carbonyl (C=O) groups excluding carboxylic acids is 2. The minimum absolute atomic E-state index is 0.0895. The molecule has 0 fully saturated rings. The lowest BCUT2D eigenvalue weighted by Crippen LogP contribution is -2.32. The summed E-state index contributed by atoms with van der Waals surface area (Å²) in [6.07, 6.45) is 3.83. The Morgan fingerprint density at radius 1 is 0.821 bits per heavy atom. The molecule has 0 saturated carbocycles. The molecule has 0 unspecified atom stereocenters. The molecule has 0 N–H and O–H groups in total. The van der Waals surface area contributed by atoms with Crippen molar-refractivity contribution in [2.24, 2.45) is 0 Å². The molecule has 0 atom stereocenters. The fourth-order valence-corrected chi connectivity index (χ4v) is 6.91. The Kier molecular flexibility index (Phi) is 5.88. The molecule has 0 radical (unpaired) electrons. The van der Waals surface area contributed by atoms with Crippen molar-refractivity contribution in [3.8, 4) is 11.1 Å². The number of hydrogen-bond acceptors (Lipinski definition) is 5. The quantitative estimate of drug-likeness (QED) is 0.376. The minimum atomic E-state index is -0.315. The maximum Gasteiger partial charge on any atom is 0.269 e. The zero-order valence-corrected chi connectivity index (χ0v) is 23.1. The van der Waals surface area contributed by atoms with E-state index in [1.165, 1.54) is 32.6 Å². The Morgan fingerprint density at radius 2 is 1.46 bits per heavy atom. The molecule has 6 heteroatoms. The number of fused-ring (bicyclic) bond motifs is 2. The molecule has 2 heterocycles. The molecule has 5 nitrogen and oxygen atoms in total. The lowest BCUT2D eigenvalue weighted by atomic mass is 9.82. The van der Waals surface area contributed by atoms with E-state index in [2.05, 4.69) is 49.1 Å². The Bertz CT molecular complexity index is 1850. The van der Waals surface area contributed by atoms with E-state index in [1.54, 1.807) is 24.3 Å². The van der Waals surface area contributed by atoms with Gasteiger partial charge in [-0.2, -0.15) is 0 Å². The van der Waals surface area contributed by atoms with Crippen molar-refractivity contribution in [3.05, 3.63) is 121 Å². The number of Topliss-reactive ketones (excluding diaryl/α,β-unsaturated/α-hetero) is 2. The summed E-state index contributed by atoms with van der Waals surface area (Å²) in [6, 6.07) is 23.7. The standard InChI is InChI=1S/C33H28N2O3S/c1-5-35-31(38)26(39-32(35)28-29(36)22-13-9-10-14-23(22)30(28)37)17-18-27-33(2,3)24-19-21(15-16-25(24)34(27)4)20-11-7-6-8-12-20/h6-19H,5H2,1-4H3/b26-17?,27-18-. The number of allylic oxidation sites excluding steroid dienone is 2. The van der Waals surface area contributed by atoms with Crippen LogP contribution in [0.3, 0.4) is 0 Å². The van der Waals surface area contributed by atoms with Crippen LogP contribution in [0.1, 0.15) is 47.1 Å². The van der Waals surface area contributed by atoms with Gasteiger partial charge >= 0.3 is 0 Å². The Labute approximate surface area is 230 Å². The van der Waals surface area contributed by atoms with Crippen LogP contribution in [-0.2, 0) is 12.0 Å². The van der Waals surface area contributed by atoms with Gasteiger partial charge in [0.2, 0.25) is 11.6 Å². The number of thiazole rings is 1. The summed E-state index contributed by atoms with van der Waals surface area (Å²) in [5.41, 5.74) is 6.16. The van der Waals surface area contributed by atoms with Gasteiger partial charge in [-0.25, -0.2) is 0 Å². The maximum absolute atomic E-state index is 13.4. The summed E-state index contributed by atoms with van der Waals surface area (Å²) in [7, 11) is 2.04. The summed E-state index contributed by atoms with van der Waals surface area (Å²) in [4.78, 5) is 41.9. The van der Waals surface area contributed by atoms with Crippen LogP contribution in [0.5, 0.6) is 0 Å². The van der Waals surface area contributed by atoms with E-state index in [1.807, 2.05) is 44.3 Å². The summed E-state index contributed by atoms with van der Waals surface area (Å²) in [5.74, 6) is -0.629. The minimum Gasteiger partial charge on any atom is -0.347 e. The van der Waals surface area contributed by atoms with Crippen LogP contribution in [0.25, 0.3) is 22.8 Å². The lowest BCUT2D eigenvalue weighted by Gasteiger charge is -2.23. The van der Waals surface area contributed by atoms with Crippen molar-refractivity contribution < 1.29 is 9.59 Å². The summed E-state index contributed by atoms with van der Waals surface area (Å²) < 4.78 is 2.46. The first-order chi connectivity index (χ1) is 18.7. The normalized spacial score (nSPS) is 17.3. The van der Waals surface area contributed by atoms with Gasteiger partial charge in [-0.3, -0.25) is 19.0 Å². The highest BCUT2D eigenvalue weighted by Gasteiger charge is 2.38. The molecule has 1 aliphatic carbocycles. The van der Waals surface area contributed by atoms with Gasteiger partial charge in [0.05, 0.1) is 4.53 Å². The monoisotopic (exact) mass is 532 g/mol. The van der Waals surface area contributed by atoms with Gasteiger partial charge in [-0.15, -0.1) is 11.3 Å². The predicted octanol–water partition coefficient (Wildman–Crippen LogP) is 4.92. The van der Waals surface area contributed by atoms with Gasteiger partial charge in [0.15, 0.2) is 0 Å². The zero-order chi connectivity index (χ0) is 27.5. The second kappa shape index (κ2) is 9.17. The highest BCUT2D eigenvalue weighted by molar-refractivity contribution is 7.08. The van der Waals surface area contributed by atoms with Crippen molar-refractivity contribution in [1.82, 2.24) is 4.57 Å². The van der Waals surface area contributed by atoms with Gasteiger partial charge in [-0.05, 0) is 47.9 Å². The van der Waals surface area contributed by atoms with E-state index in [4.69, 9.17) is 0 Å². The molecule has 39 heavy (non-hydrogen) atoms. The van der Waals surface area contributed by atoms with Gasteiger partial charge in [-0.1, -0.05) is 74.5 Å². The third-order valence-electron chi connectivity index (χ3n) is 7.84. The van der Waals surface area contributed by atoms with Crippen LogP contribution in [0, 0.1) is 0 Å². The molecule has 0 amide bonds. The van der Waals surface area contributed by atoms with Crippen LogP contribution in [-0.4, -0.2) is 23.2 Å². The summed E-state index contributed by atoms with van der Waals surface area (Å²) in [6.45, 7) is 6.61. The number of rotatable bonds is 3. The average molecular weight is 533 g/mol. The molecule has 3 aromatic carbocycles. The second-order valence-corrected chi connectivity index (χ2v) is 11.4. The first kappa shape index (κ1) is 25.0. The Hall–Kier alpha value is -4.29. The van der Waals surface area contributed by atoms with Gasteiger partial charge in [0, 0.05) is 41.5 Å². The van der Waals surface area contributed by atoms with E-state index in [-0.39, 0.29) is 28.1 Å². The third-order valence-corrected chi connectivity index (χ3v) is 8.99. The van der Waals surface area contributed by atoms with E-state index in [0.717, 1.165) is 11.4 Å². The number of benzene rings is 3. The van der Waals surface area contributed by atoms with Gasteiger partial charge in [0.25, 0.3) is 5.56 Å². The molecule has 6 rings (SSSR count). The number of hydrogen-bond donors (Lipinski definition) is 0. The number of likely N-dealkylation sites (N-methyl/N-ethyl adjacent to an activating group) is 1. The zero-order valence-electron chi connectivity index (χ0n) is 22.3. The largest absolute Gasteiger partial charge is 0.347 e. The first-order valence-corrected chi connectivity index (χ1v) is 13.8. The SMILES string of the molecule is CCn1c(=C2C(=O)c3ccccc3C2=O)sc(=C/C=C2\N(C)c3ccc(-c4ccccc4)cc3C2(C)C)c1=O. The predicted molar refractivity (Wildman–Crippen MR) is 158 cm³/mol. The average Bonchev–Trinajstić information content (AvgIpc) is 3.47. The Balaban J connectivity index is 1.47. The highest BCUT2D eigenvalue weighted by atomic mass is 32.1. The molecule has 1 aromatic heterocycles. The van der Waals surface area contributed by atoms with E-state index in [9.17, 15) is 14.4 Å². The fourth-order valence-electron chi connectivity index (χ4n) is 5.75. The number of carbonyl (C=O) groups is 2. The van der Waals surface area contributed by atoms with E-state index < -0.39 is 0 Å². The van der Waals surface area contributed by atoms with Crippen molar-refractivity contribution in [2.45, 2.75) is 32.7 Å². The number of nitrogens with zero attached hydrogens (tertiary/aromatic N) is 2. The van der Waals surface area contributed by atoms with Crippen LogP contribution in [0.15, 0.2) is 89.4 Å². The van der Waals surface area contributed by atoms with E-state index in [0.29, 0.717) is 26.9 Å². The molecule has 194 valence electrons. The molecule has 1 aliphatic heterocycles. The Morgan fingerprint density at radius 3 is 2.10 bits per heavy atom. The van der Waals surface area contributed by atoms with Gasteiger partial charge in [0.1, 0.15) is 10.2 Å². The molecule has 0 bridgehead atoms. The highest BCUT2D eigenvalue weighted by Crippen LogP contribution is 2.48. The maximum atomic E-state index is 13.4. The van der Waals surface area contributed by atoms with Gasteiger partial charge < -0.3 is 4.90 Å². The molecular formula is C33H28N2O3S. The first-order valence-electron chi connectivity index (χ1n) is 13.0. The third kappa shape index (κ3) is 3.78. The van der Waals surface area contributed by atoms with Crippen LogP contribution in [0.2, 0.25) is 0 Å².